The molecule has 3 aromatic rings. The lowest BCUT2D eigenvalue weighted by atomic mass is 10.0. The largest absolute Gasteiger partial charge is 0.493 e. The van der Waals surface area contributed by atoms with Crippen LogP contribution in [0.15, 0.2) is 60.7 Å². The maximum atomic E-state index is 14.2. The van der Waals surface area contributed by atoms with Gasteiger partial charge in [0.25, 0.3) is 0 Å². The molecule has 6 heteroatoms. The molecule has 0 atom stereocenters. The molecule has 3 aromatic carbocycles. The Morgan fingerprint density at radius 3 is 2.05 bits per heavy atom. The first-order chi connectivity index (χ1) is 20.0. The van der Waals surface area contributed by atoms with Gasteiger partial charge in [0.05, 0.1) is 13.2 Å². The van der Waals surface area contributed by atoms with Crippen molar-refractivity contribution in [1.29, 1.82) is 0 Å². The van der Waals surface area contributed by atoms with Crippen molar-refractivity contribution in [3.8, 4) is 5.75 Å². The summed E-state index contributed by atoms with van der Waals surface area (Å²) in [7, 11) is 0. The Morgan fingerprint density at radius 2 is 1.37 bits per heavy atom. The summed E-state index contributed by atoms with van der Waals surface area (Å²) in [6, 6.07) is 18.3. The van der Waals surface area contributed by atoms with Gasteiger partial charge in [0.1, 0.15) is 11.6 Å². The molecule has 0 radical (unpaired) electrons. The molecule has 3 rings (SSSR count). The van der Waals surface area contributed by atoms with Gasteiger partial charge in [-0.3, -0.25) is 4.79 Å². The van der Waals surface area contributed by atoms with Gasteiger partial charge < -0.3 is 14.4 Å². The smallest absolute Gasteiger partial charge is 0.397 e. The highest BCUT2D eigenvalue weighted by molar-refractivity contribution is 6.32. The molecule has 0 spiro atoms. The molecular formula is C35H46FNO4. The van der Waals surface area contributed by atoms with Gasteiger partial charge in [0, 0.05) is 18.5 Å². The Kier molecular flexibility index (Phi) is 14.2. The summed E-state index contributed by atoms with van der Waals surface area (Å²) in [5, 5.41) is 1.93. The summed E-state index contributed by atoms with van der Waals surface area (Å²) in [6.07, 6.45) is 13.1. The van der Waals surface area contributed by atoms with E-state index in [1.807, 2.05) is 36.4 Å². The van der Waals surface area contributed by atoms with Crippen molar-refractivity contribution >= 4 is 22.6 Å². The molecule has 0 aliphatic heterocycles. The number of halogens is 1. The lowest BCUT2D eigenvalue weighted by molar-refractivity contribution is -0.160. The Bertz CT molecular complexity index is 1230. The van der Waals surface area contributed by atoms with Crippen LogP contribution in [0, 0.1) is 5.82 Å². The fraction of sp³-hybridized carbons (Fsp3) is 0.486. The van der Waals surface area contributed by atoms with Crippen molar-refractivity contribution in [1.82, 2.24) is 4.90 Å². The highest BCUT2D eigenvalue weighted by atomic mass is 19.1. The third-order valence-electron chi connectivity index (χ3n) is 7.44. The second-order valence-electron chi connectivity index (χ2n) is 10.6. The number of fused-ring (bicyclic) bond motifs is 1. The summed E-state index contributed by atoms with van der Waals surface area (Å²) < 4.78 is 25.4. The first-order valence-corrected chi connectivity index (χ1v) is 15.4. The SMILES string of the molecule is CCCCCCCCCCCCOc1ccc(CN(CCc2ccccc2F)C(=O)C(=O)OCC)c2ccccc12. The van der Waals surface area contributed by atoms with E-state index in [-0.39, 0.29) is 31.9 Å². The first-order valence-electron chi connectivity index (χ1n) is 15.4. The fourth-order valence-electron chi connectivity index (χ4n) is 5.11. The van der Waals surface area contributed by atoms with Gasteiger partial charge in [-0.15, -0.1) is 0 Å². The Hall–Kier alpha value is -3.41. The lowest BCUT2D eigenvalue weighted by Gasteiger charge is -2.23. The molecule has 0 saturated heterocycles. The van der Waals surface area contributed by atoms with Crippen LogP contribution in [0.1, 0.15) is 89.2 Å². The number of ether oxygens (including phenoxy) is 2. The number of carbonyl (C=O) groups is 2. The molecule has 5 nitrogen and oxygen atoms in total. The minimum Gasteiger partial charge on any atom is -0.493 e. The monoisotopic (exact) mass is 563 g/mol. The van der Waals surface area contributed by atoms with Gasteiger partial charge in [0.15, 0.2) is 0 Å². The topological polar surface area (TPSA) is 55.8 Å². The van der Waals surface area contributed by atoms with Gasteiger partial charge in [-0.25, -0.2) is 9.18 Å². The van der Waals surface area contributed by atoms with E-state index in [2.05, 4.69) is 6.92 Å². The normalized spacial score (nSPS) is 11.0. The molecule has 0 unspecified atom stereocenters. The highest BCUT2D eigenvalue weighted by Gasteiger charge is 2.24. The summed E-state index contributed by atoms with van der Waals surface area (Å²) >= 11 is 0. The van der Waals surface area contributed by atoms with Crippen molar-refractivity contribution in [3.63, 3.8) is 0 Å². The second-order valence-corrected chi connectivity index (χ2v) is 10.6. The third kappa shape index (κ3) is 10.5. The minimum atomic E-state index is -0.901. The van der Waals surface area contributed by atoms with Crippen LogP contribution in [0.25, 0.3) is 10.8 Å². The zero-order valence-electron chi connectivity index (χ0n) is 24.8. The summed E-state index contributed by atoms with van der Waals surface area (Å²) in [5.41, 5.74) is 1.38. The summed E-state index contributed by atoms with van der Waals surface area (Å²) in [6.45, 7) is 5.07. The maximum absolute atomic E-state index is 14.2. The number of carbonyl (C=O) groups excluding carboxylic acids is 2. The molecule has 0 saturated carbocycles. The quantitative estimate of drug-likeness (QED) is 0.0886. The van der Waals surface area contributed by atoms with Gasteiger partial charge in [-0.2, -0.15) is 0 Å². The van der Waals surface area contributed by atoms with Crippen LogP contribution in [0.5, 0.6) is 5.75 Å². The van der Waals surface area contributed by atoms with E-state index in [0.717, 1.165) is 34.9 Å². The van der Waals surface area contributed by atoms with Crippen LogP contribution in [0.3, 0.4) is 0 Å². The van der Waals surface area contributed by atoms with E-state index in [0.29, 0.717) is 12.2 Å². The number of amides is 1. The van der Waals surface area contributed by atoms with Crippen LogP contribution in [-0.2, 0) is 27.3 Å². The predicted molar refractivity (Wildman–Crippen MR) is 163 cm³/mol. The zero-order valence-corrected chi connectivity index (χ0v) is 24.8. The van der Waals surface area contributed by atoms with Crippen LogP contribution < -0.4 is 4.74 Å². The van der Waals surface area contributed by atoms with E-state index >= 15 is 0 Å². The number of unbranched alkanes of at least 4 members (excludes halogenated alkanes) is 9. The lowest BCUT2D eigenvalue weighted by Crippen LogP contribution is -2.38. The standard InChI is InChI=1S/C35H46FNO4/c1-3-5-6-7-8-9-10-11-12-17-26-41-33-23-22-29(30-19-14-15-20-31(30)33)27-37(34(38)35(39)40-4-2)25-24-28-18-13-16-21-32(28)36/h13-16,18-23H,3-12,17,24-27H2,1-2H3. The molecular weight excluding hydrogens is 517 g/mol. The Balaban J connectivity index is 1.61. The van der Waals surface area contributed by atoms with Crippen LogP contribution in [0.4, 0.5) is 4.39 Å². The Morgan fingerprint density at radius 1 is 0.732 bits per heavy atom. The molecule has 0 fully saturated rings. The third-order valence-corrected chi connectivity index (χ3v) is 7.44. The van der Waals surface area contributed by atoms with Gasteiger partial charge in [-0.1, -0.05) is 113 Å². The number of hydrogen-bond donors (Lipinski definition) is 0. The molecule has 0 N–H and O–H groups in total. The van der Waals surface area contributed by atoms with Crippen molar-refractivity contribution < 1.29 is 23.5 Å². The summed E-state index contributed by atoms with van der Waals surface area (Å²) in [4.78, 5) is 26.8. The number of rotatable bonds is 18. The van der Waals surface area contributed by atoms with Crippen LogP contribution in [0.2, 0.25) is 0 Å². The first kappa shape index (κ1) is 32.1. The van der Waals surface area contributed by atoms with E-state index in [1.165, 1.54) is 62.3 Å². The molecule has 0 heterocycles. The maximum Gasteiger partial charge on any atom is 0.397 e. The molecule has 0 aromatic heterocycles. The number of hydrogen-bond acceptors (Lipinski definition) is 4. The molecule has 0 aliphatic rings. The molecule has 0 bridgehead atoms. The van der Waals surface area contributed by atoms with Crippen molar-refractivity contribution in [2.45, 2.75) is 91.0 Å². The van der Waals surface area contributed by atoms with Gasteiger partial charge in [-0.05, 0) is 48.4 Å². The van der Waals surface area contributed by atoms with Gasteiger partial charge >= 0.3 is 11.9 Å². The zero-order chi connectivity index (χ0) is 29.3. The summed E-state index contributed by atoms with van der Waals surface area (Å²) in [5.74, 6) is -1.14. The number of benzene rings is 3. The minimum absolute atomic E-state index is 0.111. The van der Waals surface area contributed by atoms with Crippen molar-refractivity contribution in [2.75, 3.05) is 19.8 Å². The number of esters is 1. The molecule has 0 aliphatic carbocycles. The number of nitrogens with zero attached hydrogens (tertiary/aromatic N) is 1. The average molecular weight is 564 g/mol. The van der Waals surface area contributed by atoms with E-state index < -0.39 is 11.9 Å². The molecule has 1 amide bonds. The van der Waals surface area contributed by atoms with E-state index in [4.69, 9.17) is 9.47 Å². The Labute approximate surface area is 245 Å². The van der Waals surface area contributed by atoms with Crippen LogP contribution in [-0.4, -0.2) is 36.5 Å². The highest BCUT2D eigenvalue weighted by Crippen LogP contribution is 2.30. The fourth-order valence-corrected chi connectivity index (χ4v) is 5.11. The molecule has 222 valence electrons. The van der Waals surface area contributed by atoms with Crippen molar-refractivity contribution in [2.24, 2.45) is 0 Å². The van der Waals surface area contributed by atoms with Gasteiger partial charge in [0.2, 0.25) is 0 Å². The van der Waals surface area contributed by atoms with Crippen LogP contribution >= 0.6 is 0 Å². The predicted octanol–water partition coefficient (Wildman–Crippen LogP) is 8.41. The van der Waals surface area contributed by atoms with E-state index in [9.17, 15) is 14.0 Å². The van der Waals surface area contributed by atoms with Crippen molar-refractivity contribution in [3.05, 3.63) is 77.6 Å². The average Bonchev–Trinajstić information content (AvgIpc) is 2.99. The molecule has 41 heavy (non-hydrogen) atoms. The second kappa shape index (κ2) is 18.1. The van der Waals surface area contributed by atoms with E-state index in [1.54, 1.807) is 25.1 Å².